The maximum atomic E-state index is 13.7. The summed E-state index contributed by atoms with van der Waals surface area (Å²) in [5, 5.41) is 3.10. The minimum atomic E-state index is -0.447. The highest BCUT2D eigenvalue weighted by Gasteiger charge is 2.25. The van der Waals surface area contributed by atoms with Gasteiger partial charge in [-0.15, -0.1) is 0 Å². The Hall–Kier alpha value is -1.73. The second-order valence-corrected chi connectivity index (χ2v) is 5.80. The normalized spacial score (nSPS) is 18.2. The summed E-state index contributed by atoms with van der Waals surface area (Å²) in [5.41, 5.74) is 0.287. The largest absolute Gasteiger partial charge is 0.382 e. The van der Waals surface area contributed by atoms with Crippen molar-refractivity contribution in [3.05, 3.63) is 35.4 Å². The molecule has 0 aromatic heterocycles. The molecule has 5 nitrogen and oxygen atoms in total. The predicted octanol–water partition coefficient (Wildman–Crippen LogP) is 2.03. The summed E-state index contributed by atoms with van der Waals surface area (Å²) in [7, 11) is 3.34. The zero-order valence-electron chi connectivity index (χ0n) is 14.2. The van der Waals surface area contributed by atoms with E-state index in [0.717, 1.165) is 31.6 Å². The molecule has 1 aromatic carbocycles. The van der Waals surface area contributed by atoms with Crippen molar-refractivity contribution < 1.29 is 18.3 Å². The summed E-state index contributed by atoms with van der Waals surface area (Å²) in [6.45, 7) is 3.77. The number of hydrogen-bond acceptors (Lipinski definition) is 3. The van der Waals surface area contributed by atoms with Crippen molar-refractivity contribution in [1.29, 1.82) is 0 Å². The molecule has 0 amide bonds. The minimum absolute atomic E-state index is 0.196. The van der Waals surface area contributed by atoms with Gasteiger partial charge in [-0.05, 0) is 24.6 Å². The maximum Gasteiger partial charge on any atom is 0.193 e. The smallest absolute Gasteiger partial charge is 0.193 e. The molecule has 7 heteroatoms. The molecule has 1 atom stereocenters. The molecular weight excluding hydrogens is 316 g/mol. The third-order valence-corrected chi connectivity index (χ3v) is 4.03. The summed E-state index contributed by atoms with van der Waals surface area (Å²) in [4.78, 5) is 6.35. The molecule has 0 spiro atoms. The molecule has 1 aliphatic rings. The van der Waals surface area contributed by atoms with E-state index in [1.807, 2.05) is 0 Å². The number of nitrogens with zero attached hydrogens (tertiary/aromatic N) is 2. The molecule has 1 unspecified atom stereocenters. The Labute approximate surface area is 141 Å². The standard InChI is InChI=1S/C17H25F2N3O2/c1-20-17(21-10-14-9-15(18)3-4-16(14)19)22-6-5-13(11-22)12-24-8-7-23-2/h3-4,9,13H,5-8,10-12H2,1-2H3,(H,20,21). The van der Waals surface area contributed by atoms with E-state index in [1.165, 1.54) is 6.07 Å². The maximum absolute atomic E-state index is 13.7. The van der Waals surface area contributed by atoms with Crippen LogP contribution in [0.1, 0.15) is 12.0 Å². The Kier molecular flexibility index (Phi) is 7.39. The Morgan fingerprint density at radius 1 is 1.38 bits per heavy atom. The SMILES string of the molecule is CN=C(NCc1cc(F)ccc1F)N1CCC(COCCOC)C1. The van der Waals surface area contributed by atoms with Crippen LogP contribution in [0.15, 0.2) is 23.2 Å². The highest BCUT2D eigenvalue weighted by atomic mass is 19.1. The van der Waals surface area contributed by atoms with Crippen LogP contribution >= 0.6 is 0 Å². The lowest BCUT2D eigenvalue weighted by Gasteiger charge is -2.22. The topological polar surface area (TPSA) is 46.1 Å². The summed E-state index contributed by atoms with van der Waals surface area (Å²) in [6.07, 6.45) is 1.02. The number of hydrogen-bond donors (Lipinski definition) is 1. The summed E-state index contributed by atoms with van der Waals surface area (Å²) >= 11 is 0. The fourth-order valence-electron chi connectivity index (χ4n) is 2.74. The fraction of sp³-hybridized carbons (Fsp3) is 0.588. The van der Waals surface area contributed by atoms with Crippen molar-refractivity contribution in [2.75, 3.05) is 47.1 Å². The molecular formula is C17H25F2N3O2. The first-order chi connectivity index (χ1) is 11.6. The van der Waals surface area contributed by atoms with Crippen molar-refractivity contribution in [1.82, 2.24) is 10.2 Å². The number of halogens is 2. The van der Waals surface area contributed by atoms with Crippen LogP contribution in [0.25, 0.3) is 0 Å². The average molecular weight is 341 g/mol. The van der Waals surface area contributed by atoms with Crippen LogP contribution in [0.5, 0.6) is 0 Å². The van der Waals surface area contributed by atoms with E-state index in [-0.39, 0.29) is 12.1 Å². The van der Waals surface area contributed by atoms with Crippen LogP contribution in [0.2, 0.25) is 0 Å². The molecule has 1 aromatic rings. The van der Waals surface area contributed by atoms with Crippen LogP contribution < -0.4 is 5.32 Å². The van der Waals surface area contributed by atoms with Gasteiger partial charge in [-0.25, -0.2) is 8.78 Å². The lowest BCUT2D eigenvalue weighted by atomic mass is 10.1. The molecule has 1 N–H and O–H groups in total. The van der Waals surface area contributed by atoms with Crippen molar-refractivity contribution in [2.45, 2.75) is 13.0 Å². The van der Waals surface area contributed by atoms with Crippen LogP contribution in [0, 0.1) is 17.6 Å². The Balaban J connectivity index is 1.81. The van der Waals surface area contributed by atoms with Crippen LogP contribution in [0.4, 0.5) is 8.78 Å². The monoisotopic (exact) mass is 341 g/mol. The van der Waals surface area contributed by atoms with Gasteiger partial charge in [0.25, 0.3) is 0 Å². The zero-order chi connectivity index (χ0) is 17.4. The summed E-state index contributed by atoms with van der Waals surface area (Å²) in [6, 6.07) is 3.45. The minimum Gasteiger partial charge on any atom is -0.382 e. The number of rotatable bonds is 7. The molecule has 0 aliphatic carbocycles. The molecule has 1 fully saturated rings. The van der Waals surface area contributed by atoms with Gasteiger partial charge < -0.3 is 19.7 Å². The summed E-state index contributed by atoms with van der Waals surface area (Å²) < 4.78 is 37.4. The quantitative estimate of drug-likeness (QED) is 0.468. The molecule has 2 rings (SSSR count). The van der Waals surface area contributed by atoms with Crippen LogP contribution in [0.3, 0.4) is 0 Å². The zero-order valence-corrected chi connectivity index (χ0v) is 14.2. The van der Waals surface area contributed by atoms with E-state index in [1.54, 1.807) is 14.2 Å². The molecule has 0 bridgehead atoms. The van der Waals surface area contributed by atoms with E-state index in [2.05, 4.69) is 15.2 Å². The second kappa shape index (κ2) is 9.54. The molecule has 1 aliphatic heterocycles. The van der Waals surface area contributed by atoms with Crippen molar-refractivity contribution >= 4 is 5.96 Å². The van der Waals surface area contributed by atoms with Crippen LogP contribution in [-0.4, -0.2) is 57.9 Å². The van der Waals surface area contributed by atoms with Crippen LogP contribution in [-0.2, 0) is 16.0 Å². The summed E-state index contributed by atoms with van der Waals surface area (Å²) in [5.74, 6) is 0.257. The van der Waals surface area contributed by atoms with E-state index in [9.17, 15) is 8.78 Å². The Morgan fingerprint density at radius 3 is 2.96 bits per heavy atom. The number of methoxy groups -OCH3 is 1. The highest BCUT2D eigenvalue weighted by molar-refractivity contribution is 5.80. The van der Waals surface area contributed by atoms with E-state index in [4.69, 9.17) is 9.47 Å². The highest BCUT2D eigenvalue weighted by Crippen LogP contribution is 2.17. The van der Waals surface area contributed by atoms with E-state index < -0.39 is 11.6 Å². The lowest BCUT2D eigenvalue weighted by molar-refractivity contribution is 0.0536. The molecule has 0 saturated carbocycles. The number of benzene rings is 1. The number of guanidine groups is 1. The first-order valence-corrected chi connectivity index (χ1v) is 8.10. The van der Waals surface area contributed by atoms with Gasteiger partial charge >= 0.3 is 0 Å². The van der Waals surface area contributed by atoms with Crippen molar-refractivity contribution in [3.63, 3.8) is 0 Å². The van der Waals surface area contributed by atoms with Crippen molar-refractivity contribution in [2.24, 2.45) is 10.9 Å². The second-order valence-electron chi connectivity index (χ2n) is 5.80. The first-order valence-electron chi connectivity index (χ1n) is 8.10. The van der Waals surface area contributed by atoms with Gasteiger partial charge in [0.2, 0.25) is 0 Å². The van der Waals surface area contributed by atoms with Gasteiger partial charge in [-0.1, -0.05) is 0 Å². The number of likely N-dealkylation sites (tertiary alicyclic amines) is 1. The van der Waals surface area contributed by atoms with E-state index in [0.29, 0.717) is 31.7 Å². The lowest BCUT2D eigenvalue weighted by Crippen LogP contribution is -2.40. The van der Waals surface area contributed by atoms with Gasteiger partial charge in [-0.3, -0.25) is 4.99 Å². The fourth-order valence-corrected chi connectivity index (χ4v) is 2.74. The molecule has 134 valence electrons. The Morgan fingerprint density at radius 2 is 2.21 bits per heavy atom. The third-order valence-electron chi connectivity index (χ3n) is 4.03. The van der Waals surface area contributed by atoms with Crippen molar-refractivity contribution in [3.8, 4) is 0 Å². The van der Waals surface area contributed by atoms with Gasteiger partial charge in [0.15, 0.2) is 5.96 Å². The van der Waals surface area contributed by atoms with E-state index >= 15 is 0 Å². The molecule has 1 saturated heterocycles. The number of ether oxygens (including phenoxy) is 2. The Bertz CT molecular complexity index is 555. The molecule has 0 radical (unpaired) electrons. The average Bonchev–Trinajstić information content (AvgIpc) is 3.04. The van der Waals surface area contributed by atoms with Gasteiger partial charge in [0.1, 0.15) is 11.6 Å². The first kappa shape index (κ1) is 18.6. The van der Waals surface area contributed by atoms with Gasteiger partial charge in [-0.2, -0.15) is 0 Å². The van der Waals surface area contributed by atoms with Gasteiger partial charge in [0, 0.05) is 45.3 Å². The van der Waals surface area contributed by atoms with Gasteiger partial charge in [0.05, 0.1) is 19.8 Å². The molecule has 24 heavy (non-hydrogen) atoms. The number of aliphatic imine (C=N–C) groups is 1. The third kappa shape index (κ3) is 5.42. The number of nitrogens with one attached hydrogen (secondary N) is 1. The molecule has 1 heterocycles. The predicted molar refractivity (Wildman–Crippen MR) is 88.9 cm³/mol.